The molecule has 0 aromatic heterocycles. The average molecular weight is 250 g/mol. The number of nitrogens with two attached hydrogens (primary N) is 1. The lowest BCUT2D eigenvalue weighted by molar-refractivity contribution is 0.0689. The highest BCUT2D eigenvalue weighted by Gasteiger charge is 2.28. The Morgan fingerprint density at radius 1 is 1.38 bits per heavy atom. The first-order valence-corrected chi connectivity index (χ1v) is 5.62. The van der Waals surface area contributed by atoms with E-state index in [1.165, 1.54) is 0 Å². The number of rotatable bonds is 3. The van der Waals surface area contributed by atoms with Crippen LogP contribution in [0.4, 0.5) is 4.79 Å². The van der Waals surface area contributed by atoms with Gasteiger partial charge in [-0.1, -0.05) is 0 Å². The summed E-state index contributed by atoms with van der Waals surface area (Å²) in [5.74, 6) is 0.502. The molecule has 3 N–H and O–H groups in total. The first-order valence-electron chi connectivity index (χ1n) is 5.62. The monoisotopic (exact) mass is 249 g/mol. The van der Waals surface area contributed by atoms with Crippen LogP contribution >= 0.6 is 12.4 Å². The van der Waals surface area contributed by atoms with Crippen LogP contribution in [0.3, 0.4) is 0 Å². The molecule has 94 valence electrons. The molecule has 0 radical (unpaired) electrons. The van der Waals surface area contributed by atoms with E-state index in [0.29, 0.717) is 12.5 Å². The zero-order valence-corrected chi connectivity index (χ0v) is 10.2. The number of likely N-dealkylation sites (tertiary alicyclic amines) is 1. The zero-order chi connectivity index (χ0) is 10.7. The minimum absolute atomic E-state index is 0. The van der Waals surface area contributed by atoms with Gasteiger partial charge in [0.25, 0.3) is 0 Å². The summed E-state index contributed by atoms with van der Waals surface area (Å²) < 4.78 is 4.83. The van der Waals surface area contributed by atoms with E-state index in [0.717, 1.165) is 45.1 Å². The van der Waals surface area contributed by atoms with Gasteiger partial charge in [0.05, 0.1) is 6.61 Å². The number of halogens is 1. The number of amides is 1. The van der Waals surface area contributed by atoms with Gasteiger partial charge in [0.1, 0.15) is 0 Å². The second-order valence-corrected chi connectivity index (χ2v) is 4.42. The molecule has 2 aliphatic heterocycles. The topological polar surface area (TPSA) is 67.6 Å². The molecule has 2 aliphatic rings. The third kappa shape index (κ3) is 3.50. The molecule has 2 heterocycles. The fraction of sp³-hybridized carbons (Fsp3) is 0.900. The van der Waals surface area contributed by atoms with E-state index < -0.39 is 6.09 Å². The molecule has 1 amide bonds. The van der Waals surface area contributed by atoms with Crippen LogP contribution < -0.4 is 11.1 Å². The first kappa shape index (κ1) is 13.5. The van der Waals surface area contributed by atoms with Crippen molar-refractivity contribution < 1.29 is 9.53 Å². The predicted octanol–water partition coefficient (Wildman–Crippen LogP) is 0.187. The van der Waals surface area contributed by atoms with Crippen molar-refractivity contribution in [3.8, 4) is 0 Å². The lowest BCUT2D eigenvalue weighted by Gasteiger charge is -2.42. The van der Waals surface area contributed by atoms with Crippen LogP contribution in [0.5, 0.6) is 0 Å². The highest BCUT2D eigenvalue weighted by molar-refractivity contribution is 5.85. The van der Waals surface area contributed by atoms with E-state index in [1.807, 2.05) is 0 Å². The maximum Gasteiger partial charge on any atom is 0.404 e. The quantitative estimate of drug-likeness (QED) is 0.749. The summed E-state index contributed by atoms with van der Waals surface area (Å²) in [6, 6.07) is 0.739. The Morgan fingerprint density at radius 3 is 2.44 bits per heavy atom. The summed E-state index contributed by atoms with van der Waals surface area (Å²) in [6.45, 7) is 5.00. The number of carbonyl (C=O) groups excluding carboxylic acids is 1. The van der Waals surface area contributed by atoms with Gasteiger partial charge >= 0.3 is 6.09 Å². The van der Waals surface area contributed by atoms with Gasteiger partial charge in [-0.25, -0.2) is 4.79 Å². The van der Waals surface area contributed by atoms with E-state index in [-0.39, 0.29) is 12.4 Å². The summed E-state index contributed by atoms with van der Waals surface area (Å²) in [5, 5.41) is 3.28. The highest BCUT2D eigenvalue weighted by Crippen LogP contribution is 2.20. The van der Waals surface area contributed by atoms with Gasteiger partial charge in [-0.2, -0.15) is 0 Å². The third-order valence-corrected chi connectivity index (χ3v) is 3.39. The molecule has 0 bridgehead atoms. The molecule has 0 aromatic carbocycles. The number of hydrogen-bond acceptors (Lipinski definition) is 4. The Balaban J connectivity index is 0.00000128. The van der Waals surface area contributed by atoms with Gasteiger partial charge in [-0.15, -0.1) is 12.4 Å². The summed E-state index contributed by atoms with van der Waals surface area (Å²) in [5.41, 5.74) is 4.94. The molecule has 5 nitrogen and oxygen atoms in total. The highest BCUT2D eigenvalue weighted by atomic mass is 35.5. The van der Waals surface area contributed by atoms with Crippen molar-refractivity contribution in [2.45, 2.75) is 18.9 Å². The fourth-order valence-electron chi connectivity index (χ4n) is 2.22. The van der Waals surface area contributed by atoms with E-state index in [2.05, 4.69) is 10.2 Å². The van der Waals surface area contributed by atoms with Crippen LogP contribution in [0.25, 0.3) is 0 Å². The molecule has 0 aromatic rings. The fourth-order valence-corrected chi connectivity index (χ4v) is 2.22. The molecule has 0 aliphatic carbocycles. The number of carbonyl (C=O) groups is 1. The molecule has 16 heavy (non-hydrogen) atoms. The SMILES string of the molecule is Cl.NC(=O)OCC1CCN(C2CNC2)CC1. The summed E-state index contributed by atoms with van der Waals surface area (Å²) in [4.78, 5) is 13.0. The van der Waals surface area contributed by atoms with Crippen molar-refractivity contribution in [2.75, 3.05) is 32.8 Å². The van der Waals surface area contributed by atoms with Crippen LogP contribution in [0.1, 0.15) is 12.8 Å². The Hall–Kier alpha value is -0.520. The van der Waals surface area contributed by atoms with Crippen LogP contribution in [-0.4, -0.2) is 49.8 Å². The molecule has 2 saturated heterocycles. The molecule has 2 rings (SSSR count). The average Bonchev–Trinajstić information content (AvgIpc) is 2.14. The number of nitrogens with one attached hydrogen (secondary N) is 1. The van der Waals surface area contributed by atoms with Crippen LogP contribution in [0.15, 0.2) is 0 Å². The predicted molar refractivity (Wildman–Crippen MR) is 63.7 cm³/mol. The van der Waals surface area contributed by atoms with Gasteiger partial charge in [0.15, 0.2) is 0 Å². The maximum absolute atomic E-state index is 10.5. The number of primary amides is 1. The molecule has 0 saturated carbocycles. The van der Waals surface area contributed by atoms with Crippen molar-refractivity contribution in [1.29, 1.82) is 0 Å². The van der Waals surface area contributed by atoms with Crippen LogP contribution in [-0.2, 0) is 4.74 Å². The molecular formula is C10H20ClN3O2. The molecule has 2 fully saturated rings. The van der Waals surface area contributed by atoms with E-state index in [9.17, 15) is 4.79 Å². The lowest BCUT2D eigenvalue weighted by atomic mass is 9.95. The van der Waals surface area contributed by atoms with Crippen molar-refractivity contribution in [1.82, 2.24) is 10.2 Å². The Labute approximate surface area is 102 Å². The molecule has 0 atom stereocenters. The van der Waals surface area contributed by atoms with Crippen LogP contribution in [0.2, 0.25) is 0 Å². The van der Waals surface area contributed by atoms with Crippen molar-refractivity contribution in [3.05, 3.63) is 0 Å². The van der Waals surface area contributed by atoms with Gasteiger partial charge in [-0.05, 0) is 31.8 Å². The lowest BCUT2D eigenvalue weighted by Crippen LogP contribution is -2.58. The minimum Gasteiger partial charge on any atom is -0.449 e. The second kappa shape index (κ2) is 6.27. The number of hydrogen-bond donors (Lipinski definition) is 2. The maximum atomic E-state index is 10.5. The number of ether oxygens (including phenoxy) is 1. The Bertz CT molecular complexity index is 228. The van der Waals surface area contributed by atoms with Gasteiger partial charge in [0, 0.05) is 19.1 Å². The third-order valence-electron chi connectivity index (χ3n) is 3.39. The molecular weight excluding hydrogens is 230 g/mol. The van der Waals surface area contributed by atoms with Gasteiger partial charge < -0.3 is 15.8 Å². The Morgan fingerprint density at radius 2 is 2.00 bits per heavy atom. The van der Waals surface area contributed by atoms with E-state index in [4.69, 9.17) is 10.5 Å². The van der Waals surface area contributed by atoms with E-state index >= 15 is 0 Å². The summed E-state index contributed by atoms with van der Waals surface area (Å²) in [7, 11) is 0. The Kier molecular flexibility index (Phi) is 5.31. The van der Waals surface area contributed by atoms with Gasteiger partial charge in [0.2, 0.25) is 0 Å². The largest absolute Gasteiger partial charge is 0.449 e. The molecule has 0 unspecified atom stereocenters. The normalized spacial score (nSPS) is 23.2. The standard InChI is InChI=1S/C10H19N3O2.ClH/c11-10(14)15-7-8-1-3-13(4-2-8)9-5-12-6-9;/h8-9,12H,1-7H2,(H2,11,14);1H. The summed E-state index contributed by atoms with van der Waals surface area (Å²) in [6.07, 6.45) is 1.58. The van der Waals surface area contributed by atoms with Crippen molar-refractivity contribution in [2.24, 2.45) is 11.7 Å². The minimum atomic E-state index is -0.652. The number of nitrogens with zero attached hydrogens (tertiary/aromatic N) is 1. The summed E-state index contributed by atoms with van der Waals surface area (Å²) >= 11 is 0. The first-order chi connectivity index (χ1) is 7.25. The molecule has 6 heteroatoms. The second-order valence-electron chi connectivity index (χ2n) is 4.42. The number of piperidine rings is 1. The van der Waals surface area contributed by atoms with Crippen molar-refractivity contribution >= 4 is 18.5 Å². The smallest absolute Gasteiger partial charge is 0.404 e. The van der Waals surface area contributed by atoms with E-state index in [1.54, 1.807) is 0 Å². The molecule has 0 spiro atoms. The van der Waals surface area contributed by atoms with Gasteiger partial charge in [-0.3, -0.25) is 4.90 Å². The van der Waals surface area contributed by atoms with Crippen molar-refractivity contribution in [3.63, 3.8) is 0 Å². The van der Waals surface area contributed by atoms with Crippen LogP contribution in [0, 0.1) is 5.92 Å². The zero-order valence-electron chi connectivity index (χ0n) is 9.35.